The fourth-order valence-electron chi connectivity index (χ4n) is 3.42. The lowest BCUT2D eigenvalue weighted by Crippen LogP contribution is -2.38. The SMILES string of the molecule is Cc1noc(N(COC(C)O[Si](C)(C)C)S(=O)(=O)c2ccccc2-c2ccc(CO)cc2)c1C. The summed E-state index contributed by atoms with van der Waals surface area (Å²) in [6, 6.07) is 13.9. The zero-order chi connectivity index (χ0) is 25.1. The molecule has 0 amide bonds. The van der Waals surface area contributed by atoms with E-state index in [2.05, 4.69) is 5.16 Å². The summed E-state index contributed by atoms with van der Waals surface area (Å²) >= 11 is 0. The molecule has 1 atom stereocenters. The maximum Gasteiger partial charge on any atom is 0.269 e. The molecule has 1 unspecified atom stereocenters. The second-order valence-electron chi connectivity index (χ2n) is 9.00. The number of nitrogens with zero attached hydrogens (tertiary/aromatic N) is 2. The van der Waals surface area contributed by atoms with E-state index in [-0.39, 0.29) is 24.1 Å². The highest BCUT2D eigenvalue weighted by Crippen LogP contribution is 2.34. The summed E-state index contributed by atoms with van der Waals surface area (Å²) in [5.74, 6) is 0.100. The molecular weight excluding hydrogens is 472 g/mol. The molecule has 0 fully saturated rings. The van der Waals surface area contributed by atoms with Crippen LogP contribution in [0.4, 0.5) is 5.88 Å². The summed E-state index contributed by atoms with van der Waals surface area (Å²) < 4.78 is 46.3. The van der Waals surface area contributed by atoms with Crippen LogP contribution in [0, 0.1) is 13.8 Å². The number of ether oxygens (including phenoxy) is 1. The first-order valence-corrected chi connectivity index (χ1v) is 15.8. The zero-order valence-corrected chi connectivity index (χ0v) is 22.2. The molecule has 0 aliphatic heterocycles. The van der Waals surface area contributed by atoms with Crippen LogP contribution in [0.1, 0.15) is 23.7 Å². The van der Waals surface area contributed by atoms with Gasteiger partial charge in [-0.05, 0) is 57.6 Å². The Bertz CT molecular complexity index is 1220. The van der Waals surface area contributed by atoms with Gasteiger partial charge in [0.2, 0.25) is 5.88 Å². The van der Waals surface area contributed by atoms with E-state index in [1.54, 1.807) is 69.3 Å². The molecule has 3 aromatic rings. The van der Waals surface area contributed by atoms with Crippen molar-refractivity contribution in [3.63, 3.8) is 0 Å². The van der Waals surface area contributed by atoms with Gasteiger partial charge < -0.3 is 18.8 Å². The molecule has 10 heteroatoms. The number of anilines is 1. The third-order valence-corrected chi connectivity index (χ3v) is 8.01. The first kappa shape index (κ1) is 26.1. The Hall–Kier alpha value is -2.50. The van der Waals surface area contributed by atoms with Gasteiger partial charge in [-0.2, -0.15) is 0 Å². The number of rotatable bonds is 10. The van der Waals surface area contributed by atoms with Crippen LogP contribution in [0.3, 0.4) is 0 Å². The molecule has 0 radical (unpaired) electrons. The standard InChI is InChI=1S/C24H32N2O6SSi/c1-17-18(2)25-31-24(17)26(16-30-19(3)32-34(4,5)6)33(28,29)23-10-8-7-9-22(23)21-13-11-20(15-27)12-14-21/h7-14,19,27H,15-16H2,1-6H3. The third-order valence-electron chi connectivity index (χ3n) is 5.21. The van der Waals surface area contributed by atoms with Crippen LogP contribution < -0.4 is 4.31 Å². The zero-order valence-electron chi connectivity index (χ0n) is 20.4. The fraction of sp³-hybridized carbons (Fsp3) is 0.375. The highest BCUT2D eigenvalue weighted by atomic mass is 32.2. The van der Waals surface area contributed by atoms with Crippen LogP contribution in [0.2, 0.25) is 19.6 Å². The van der Waals surface area contributed by atoms with Crippen LogP contribution in [0.5, 0.6) is 0 Å². The quantitative estimate of drug-likeness (QED) is 0.312. The highest BCUT2D eigenvalue weighted by Gasteiger charge is 2.33. The highest BCUT2D eigenvalue weighted by molar-refractivity contribution is 7.93. The first-order valence-electron chi connectivity index (χ1n) is 11.0. The average Bonchev–Trinajstić information content (AvgIpc) is 3.11. The molecule has 1 N–H and O–H groups in total. The van der Waals surface area contributed by atoms with Crippen molar-refractivity contribution in [2.24, 2.45) is 0 Å². The minimum Gasteiger partial charge on any atom is -0.393 e. The minimum atomic E-state index is -4.12. The molecule has 0 saturated heterocycles. The number of hydrogen-bond acceptors (Lipinski definition) is 7. The molecule has 0 spiro atoms. The molecule has 8 nitrogen and oxygen atoms in total. The first-order chi connectivity index (χ1) is 15.9. The second kappa shape index (κ2) is 10.4. The lowest BCUT2D eigenvalue weighted by Gasteiger charge is -2.27. The van der Waals surface area contributed by atoms with Gasteiger partial charge in [-0.1, -0.05) is 47.6 Å². The van der Waals surface area contributed by atoms with E-state index in [1.807, 2.05) is 19.6 Å². The number of aliphatic hydroxyl groups excluding tert-OH is 1. The number of sulfonamides is 1. The van der Waals surface area contributed by atoms with Gasteiger partial charge in [-0.25, -0.2) is 12.7 Å². The number of aromatic nitrogens is 1. The van der Waals surface area contributed by atoms with Crippen molar-refractivity contribution in [1.82, 2.24) is 5.16 Å². The van der Waals surface area contributed by atoms with Gasteiger partial charge >= 0.3 is 0 Å². The van der Waals surface area contributed by atoms with Gasteiger partial charge in [0.1, 0.15) is 13.0 Å². The van der Waals surface area contributed by atoms with Gasteiger partial charge in [-0.3, -0.25) is 0 Å². The van der Waals surface area contributed by atoms with E-state index in [0.717, 1.165) is 9.87 Å². The maximum absolute atomic E-state index is 14.0. The normalized spacial score (nSPS) is 13.1. The number of benzene rings is 2. The van der Waals surface area contributed by atoms with Crippen molar-refractivity contribution in [2.45, 2.75) is 58.2 Å². The van der Waals surface area contributed by atoms with Crippen LogP contribution in [-0.4, -0.2) is 40.0 Å². The van der Waals surface area contributed by atoms with Gasteiger partial charge in [0, 0.05) is 11.1 Å². The molecule has 3 rings (SSSR count). The number of aryl methyl sites for hydroxylation is 1. The Morgan fingerprint density at radius 1 is 1.09 bits per heavy atom. The Morgan fingerprint density at radius 3 is 2.29 bits per heavy atom. The lowest BCUT2D eigenvalue weighted by atomic mass is 10.0. The molecule has 0 aliphatic rings. The molecule has 2 aromatic carbocycles. The van der Waals surface area contributed by atoms with E-state index in [9.17, 15) is 13.5 Å². The summed E-state index contributed by atoms with van der Waals surface area (Å²) in [5, 5.41) is 13.3. The molecule has 34 heavy (non-hydrogen) atoms. The second-order valence-corrected chi connectivity index (χ2v) is 15.3. The van der Waals surface area contributed by atoms with E-state index < -0.39 is 24.6 Å². The smallest absolute Gasteiger partial charge is 0.269 e. The molecule has 184 valence electrons. The predicted octanol–water partition coefficient (Wildman–Crippen LogP) is 4.82. The summed E-state index contributed by atoms with van der Waals surface area (Å²) in [6.45, 7) is 11.0. The summed E-state index contributed by atoms with van der Waals surface area (Å²) in [7, 11) is -6.01. The van der Waals surface area contributed by atoms with Gasteiger partial charge in [0.25, 0.3) is 10.0 Å². The Labute approximate surface area is 202 Å². The largest absolute Gasteiger partial charge is 0.393 e. The fourth-order valence-corrected chi connectivity index (χ4v) is 6.02. The van der Waals surface area contributed by atoms with Crippen LogP contribution in [0.15, 0.2) is 57.9 Å². The molecule has 0 aliphatic carbocycles. The van der Waals surface area contributed by atoms with Crippen LogP contribution in [0.25, 0.3) is 11.1 Å². The van der Waals surface area contributed by atoms with Crippen molar-refractivity contribution in [3.05, 3.63) is 65.4 Å². The summed E-state index contributed by atoms with van der Waals surface area (Å²) in [4.78, 5) is 0.0996. The van der Waals surface area contributed by atoms with Crippen molar-refractivity contribution in [2.75, 3.05) is 11.0 Å². The molecule has 0 bridgehead atoms. The molecular formula is C24H32N2O6SSi. The van der Waals surface area contributed by atoms with Gasteiger partial charge in [0.05, 0.1) is 17.2 Å². The number of hydrogen-bond donors (Lipinski definition) is 1. The maximum atomic E-state index is 14.0. The summed E-state index contributed by atoms with van der Waals surface area (Å²) in [5.41, 5.74) is 3.17. The molecule has 0 saturated carbocycles. The number of aliphatic hydroxyl groups is 1. The van der Waals surface area contributed by atoms with E-state index in [1.165, 1.54) is 0 Å². The van der Waals surface area contributed by atoms with E-state index in [4.69, 9.17) is 13.7 Å². The van der Waals surface area contributed by atoms with Crippen LogP contribution >= 0.6 is 0 Å². The Balaban J connectivity index is 2.04. The van der Waals surface area contributed by atoms with Crippen molar-refractivity contribution in [3.8, 4) is 11.1 Å². The Morgan fingerprint density at radius 2 is 1.74 bits per heavy atom. The van der Waals surface area contributed by atoms with Crippen molar-refractivity contribution in [1.29, 1.82) is 0 Å². The van der Waals surface area contributed by atoms with Crippen molar-refractivity contribution < 1.29 is 27.2 Å². The van der Waals surface area contributed by atoms with Crippen molar-refractivity contribution >= 4 is 24.2 Å². The Kier molecular flexibility index (Phi) is 7.99. The summed E-state index contributed by atoms with van der Waals surface area (Å²) in [6.07, 6.45) is -0.602. The van der Waals surface area contributed by atoms with Gasteiger partial charge in [-0.15, -0.1) is 0 Å². The topological polar surface area (TPSA) is 102 Å². The van der Waals surface area contributed by atoms with E-state index in [0.29, 0.717) is 22.4 Å². The van der Waals surface area contributed by atoms with Gasteiger partial charge in [0.15, 0.2) is 8.32 Å². The molecule has 1 aromatic heterocycles. The predicted molar refractivity (Wildman–Crippen MR) is 133 cm³/mol. The molecule has 1 heterocycles. The van der Waals surface area contributed by atoms with E-state index >= 15 is 0 Å². The van der Waals surface area contributed by atoms with Crippen LogP contribution in [-0.2, 0) is 25.8 Å². The average molecular weight is 505 g/mol. The monoisotopic (exact) mass is 504 g/mol. The lowest BCUT2D eigenvalue weighted by molar-refractivity contribution is -0.0686. The minimum absolute atomic E-state index is 0.0901. The third kappa shape index (κ3) is 5.94.